The molecule has 9 rings (SSSR count). The minimum absolute atomic E-state index is 0.467. The predicted molar refractivity (Wildman–Crippen MR) is 221 cm³/mol. The van der Waals surface area contributed by atoms with Crippen molar-refractivity contribution in [3.8, 4) is 22.8 Å². The SMILES string of the molecule is CC1(C)OB(c2nc(-c3cccc4c3ccc3ccccc34)nc(-c3cccc4c3ccc3ccccc34)n2)OC1(C)C.Cc1cc(Br)ncc1Br. The lowest BCUT2D eigenvalue weighted by Gasteiger charge is -2.32. The fourth-order valence-corrected chi connectivity index (χ4v) is 7.33. The van der Waals surface area contributed by atoms with E-state index >= 15 is 0 Å². The second kappa shape index (κ2) is 13.5. The fourth-order valence-electron chi connectivity index (χ4n) is 6.66. The van der Waals surface area contributed by atoms with Crippen molar-refractivity contribution < 1.29 is 9.31 Å². The molecule has 52 heavy (non-hydrogen) atoms. The fraction of sp³-hybridized carbons (Fsp3) is 0.163. The molecule has 3 heterocycles. The van der Waals surface area contributed by atoms with Gasteiger partial charge in [-0.15, -0.1) is 0 Å². The number of pyridine rings is 1. The van der Waals surface area contributed by atoms with Crippen molar-refractivity contribution in [3.05, 3.63) is 136 Å². The van der Waals surface area contributed by atoms with E-state index in [9.17, 15) is 0 Å². The van der Waals surface area contributed by atoms with Crippen molar-refractivity contribution >= 4 is 87.8 Å². The van der Waals surface area contributed by atoms with Crippen LogP contribution >= 0.6 is 31.9 Å². The number of rotatable bonds is 3. The van der Waals surface area contributed by atoms with Crippen LogP contribution in [-0.4, -0.2) is 38.3 Å². The first-order valence-electron chi connectivity index (χ1n) is 17.2. The molecule has 0 unspecified atom stereocenters. The standard InChI is InChI=1S/C37H30BN3O2.C6H5Br2N/c1-36(2)37(3,4)43-38(42-36)35-40-33(31-17-9-15-27-25-13-7-5-11-23(25)19-21-29(27)31)39-34(41-35)32-18-10-16-28-26-14-8-6-12-24(26)20-22-30(28)32;1-4-2-6(8)9-3-5(4)7/h5-22H,1-4H3;2-3H,1H3. The third-order valence-electron chi connectivity index (χ3n) is 10.2. The van der Waals surface area contributed by atoms with E-state index in [2.05, 4.69) is 146 Å². The van der Waals surface area contributed by atoms with Gasteiger partial charge < -0.3 is 9.31 Å². The Morgan fingerprint density at radius 2 is 1.02 bits per heavy atom. The highest BCUT2D eigenvalue weighted by atomic mass is 79.9. The zero-order valence-corrected chi connectivity index (χ0v) is 32.7. The summed E-state index contributed by atoms with van der Waals surface area (Å²) in [5.74, 6) is 1.18. The first-order valence-corrected chi connectivity index (χ1v) is 18.8. The molecule has 1 saturated heterocycles. The second-order valence-corrected chi connectivity index (χ2v) is 15.7. The van der Waals surface area contributed by atoms with E-state index < -0.39 is 18.3 Å². The Balaban J connectivity index is 0.000000378. The van der Waals surface area contributed by atoms with Gasteiger partial charge in [0.1, 0.15) is 4.60 Å². The summed E-state index contributed by atoms with van der Waals surface area (Å²) >= 11 is 6.61. The van der Waals surface area contributed by atoms with Crippen molar-refractivity contribution in [2.45, 2.75) is 45.8 Å². The number of hydrogen-bond acceptors (Lipinski definition) is 6. The molecule has 0 aliphatic carbocycles. The van der Waals surface area contributed by atoms with Crippen molar-refractivity contribution in [1.82, 2.24) is 19.9 Å². The van der Waals surface area contributed by atoms with Gasteiger partial charge in [0.2, 0.25) is 0 Å². The van der Waals surface area contributed by atoms with Crippen molar-refractivity contribution in [2.75, 3.05) is 0 Å². The topological polar surface area (TPSA) is 70.0 Å². The van der Waals surface area contributed by atoms with Crippen LogP contribution in [0.5, 0.6) is 0 Å². The third-order valence-corrected chi connectivity index (χ3v) is 11.4. The summed E-state index contributed by atoms with van der Waals surface area (Å²) in [6.07, 6.45) is 1.78. The molecule has 0 bridgehead atoms. The zero-order chi connectivity index (χ0) is 36.2. The van der Waals surface area contributed by atoms with E-state index in [1.165, 1.54) is 27.1 Å². The second-order valence-electron chi connectivity index (χ2n) is 14.1. The van der Waals surface area contributed by atoms with E-state index in [4.69, 9.17) is 24.3 Å². The first kappa shape index (κ1) is 34.5. The van der Waals surface area contributed by atoms with E-state index in [0.29, 0.717) is 17.4 Å². The molecular formula is C43H35BBr2N4O2. The molecule has 6 nitrogen and oxygen atoms in total. The van der Waals surface area contributed by atoms with Gasteiger partial charge >= 0.3 is 7.12 Å². The Morgan fingerprint density at radius 3 is 1.50 bits per heavy atom. The van der Waals surface area contributed by atoms with E-state index in [-0.39, 0.29) is 0 Å². The molecule has 0 saturated carbocycles. The molecule has 1 fully saturated rings. The molecule has 0 amide bonds. The summed E-state index contributed by atoms with van der Waals surface area (Å²) in [5, 5.41) is 9.28. The maximum Gasteiger partial charge on any atom is 0.534 e. The number of hydrogen-bond donors (Lipinski definition) is 0. The number of halogens is 2. The van der Waals surface area contributed by atoms with Gasteiger partial charge in [-0.3, -0.25) is 0 Å². The molecule has 0 radical (unpaired) electrons. The van der Waals surface area contributed by atoms with Gasteiger partial charge in [0, 0.05) is 21.8 Å². The average molecular weight is 810 g/mol. The van der Waals surface area contributed by atoms with Crippen LogP contribution in [0.25, 0.3) is 65.9 Å². The van der Waals surface area contributed by atoms with Crippen LogP contribution in [0, 0.1) is 6.92 Å². The minimum Gasteiger partial charge on any atom is -0.397 e. The summed E-state index contributed by atoms with van der Waals surface area (Å²) in [6, 6.07) is 40.2. The Morgan fingerprint density at radius 1 is 0.538 bits per heavy atom. The van der Waals surface area contributed by atoms with Crippen molar-refractivity contribution in [2.24, 2.45) is 0 Å². The Bertz CT molecular complexity index is 2510. The maximum absolute atomic E-state index is 6.45. The van der Waals surface area contributed by atoms with Crippen LogP contribution in [0.4, 0.5) is 0 Å². The lowest BCUT2D eigenvalue weighted by molar-refractivity contribution is 0.00578. The lowest BCUT2D eigenvalue weighted by Crippen LogP contribution is -2.41. The summed E-state index contributed by atoms with van der Waals surface area (Å²) in [4.78, 5) is 19.2. The van der Waals surface area contributed by atoms with Gasteiger partial charge in [0.25, 0.3) is 0 Å². The summed E-state index contributed by atoms with van der Waals surface area (Å²) in [6.45, 7) is 10.2. The highest BCUT2D eigenvalue weighted by Gasteiger charge is 2.53. The molecule has 2 aromatic heterocycles. The van der Waals surface area contributed by atoms with Gasteiger partial charge in [-0.25, -0.2) is 19.9 Å². The molecule has 1 aliphatic rings. The predicted octanol–water partition coefficient (Wildman–Crippen LogP) is 11.0. The third kappa shape index (κ3) is 6.30. The van der Waals surface area contributed by atoms with Crippen LogP contribution in [0.3, 0.4) is 0 Å². The Kier molecular flexibility index (Phi) is 8.94. The van der Waals surface area contributed by atoms with Gasteiger partial charge in [0.05, 0.1) is 11.2 Å². The Labute approximate surface area is 320 Å². The number of fused-ring (bicyclic) bond motifs is 6. The quantitative estimate of drug-likeness (QED) is 0.101. The van der Waals surface area contributed by atoms with E-state index in [1.54, 1.807) is 6.20 Å². The van der Waals surface area contributed by atoms with Crippen LogP contribution < -0.4 is 5.72 Å². The number of aryl methyl sites for hydroxylation is 1. The van der Waals surface area contributed by atoms with Crippen molar-refractivity contribution in [1.29, 1.82) is 0 Å². The molecule has 0 N–H and O–H groups in total. The summed E-state index contributed by atoms with van der Waals surface area (Å²) in [5.41, 5.74) is 2.49. The van der Waals surface area contributed by atoms with E-state index in [1.807, 2.05) is 40.7 Å². The maximum atomic E-state index is 6.45. The van der Waals surface area contributed by atoms with Crippen LogP contribution in [-0.2, 0) is 9.31 Å². The van der Waals surface area contributed by atoms with Gasteiger partial charge in [-0.2, -0.15) is 0 Å². The lowest BCUT2D eigenvalue weighted by atomic mass is 9.88. The smallest absolute Gasteiger partial charge is 0.397 e. The molecule has 0 atom stereocenters. The zero-order valence-electron chi connectivity index (χ0n) is 29.5. The number of aromatic nitrogens is 4. The largest absolute Gasteiger partial charge is 0.534 e. The van der Waals surface area contributed by atoms with Gasteiger partial charge in [0.15, 0.2) is 17.4 Å². The van der Waals surface area contributed by atoms with Crippen LogP contribution in [0.1, 0.15) is 33.3 Å². The number of benzene rings is 6. The molecular weight excluding hydrogens is 775 g/mol. The van der Waals surface area contributed by atoms with Crippen molar-refractivity contribution in [3.63, 3.8) is 0 Å². The normalized spacial score (nSPS) is 14.9. The molecule has 8 aromatic rings. The van der Waals surface area contributed by atoms with Gasteiger partial charge in [-0.05, 0) is 121 Å². The molecule has 9 heteroatoms. The molecule has 256 valence electrons. The van der Waals surface area contributed by atoms with E-state index in [0.717, 1.165) is 41.7 Å². The highest BCUT2D eigenvalue weighted by Crippen LogP contribution is 2.38. The number of nitrogens with zero attached hydrogens (tertiary/aromatic N) is 4. The first-order chi connectivity index (χ1) is 25.0. The summed E-state index contributed by atoms with van der Waals surface area (Å²) < 4.78 is 14.8. The minimum atomic E-state index is -0.725. The Hall–Kier alpha value is -4.54. The highest BCUT2D eigenvalue weighted by molar-refractivity contribution is 9.11. The summed E-state index contributed by atoms with van der Waals surface area (Å²) in [7, 11) is -0.725. The molecule has 1 aliphatic heterocycles. The average Bonchev–Trinajstić information content (AvgIpc) is 3.38. The molecule has 6 aromatic carbocycles. The van der Waals surface area contributed by atoms with Gasteiger partial charge in [-0.1, -0.05) is 109 Å². The molecule has 0 spiro atoms. The monoisotopic (exact) mass is 808 g/mol. The van der Waals surface area contributed by atoms with Crippen LogP contribution in [0.15, 0.2) is 131 Å². The van der Waals surface area contributed by atoms with Crippen LogP contribution in [0.2, 0.25) is 0 Å².